The molecule has 0 spiro atoms. The number of amides is 1. The minimum atomic E-state index is 0.0988. The SMILES string of the molecule is CC(C)=C[C@H]1[C@H](C(=O)NCCc2nc3c(s2)CCCC3)C1(C)C. The summed E-state index contributed by atoms with van der Waals surface area (Å²) in [6.45, 7) is 9.30. The molecule has 3 rings (SSSR count). The van der Waals surface area contributed by atoms with Crippen molar-refractivity contribution in [3.8, 4) is 0 Å². The molecule has 1 heterocycles. The number of rotatable bonds is 5. The molecule has 2 aliphatic carbocycles. The Hall–Kier alpha value is -1.16. The average Bonchev–Trinajstić information content (AvgIpc) is 2.82. The minimum Gasteiger partial charge on any atom is -0.355 e. The number of fused-ring (bicyclic) bond motifs is 1. The van der Waals surface area contributed by atoms with Crippen LogP contribution in [0.25, 0.3) is 0 Å². The van der Waals surface area contributed by atoms with Gasteiger partial charge in [0.05, 0.1) is 16.6 Å². The molecule has 0 radical (unpaired) electrons. The zero-order valence-electron chi connectivity index (χ0n) is 14.7. The zero-order chi connectivity index (χ0) is 16.6. The first-order chi connectivity index (χ1) is 10.9. The number of hydrogen-bond donors (Lipinski definition) is 1. The van der Waals surface area contributed by atoms with E-state index in [4.69, 9.17) is 4.98 Å². The first kappa shape index (κ1) is 16.7. The summed E-state index contributed by atoms with van der Waals surface area (Å²) in [5.41, 5.74) is 2.71. The molecule has 2 atom stereocenters. The number of nitrogens with zero attached hydrogens (tertiary/aromatic N) is 1. The molecule has 0 aromatic carbocycles. The van der Waals surface area contributed by atoms with Gasteiger partial charge < -0.3 is 5.32 Å². The minimum absolute atomic E-state index is 0.0988. The number of allylic oxidation sites excluding steroid dienone is 2. The summed E-state index contributed by atoms with van der Waals surface area (Å²) in [5, 5.41) is 4.32. The van der Waals surface area contributed by atoms with Gasteiger partial charge in [-0.3, -0.25) is 4.79 Å². The van der Waals surface area contributed by atoms with Gasteiger partial charge in [-0.25, -0.2) is 4.98 Å². The number of hydrogen-bond acceptors (Lipinski definition) is 3. The molecule has 4 heteroatoms. The Morgan fingerprint density at radius 2 is 2.09 bits per heavy atom. The topological polar surface area (TPSA) is 42.0 Å². The second-order valence-electron chi connectivity index (χ2n) is 7.79. The van der Waals surface area contributed by atoms with Crippen LogP contribution in [0.2, 0.25) is 0 Å². The third-order valence-electron chi connectivity index (χ3n) is 5.23. The molecule has 23 heavy (non-hydrogen) atoms. The number of carbonyl (C=O) groups excluding carboxylic acids is 1. The van der Waals surface area contributed by atoms with Crippen LogP contribution in [0.1, 0.15) is 56.1 Å². The molecule has 0 aliphatic heterocycles. The second kappa shape index (κ2) is 6.39. The van der Waals surface area contributed by atoms with Crippen LogP contribution < -0.4 is 5.32 Å². The first-order valence-electron chi connectivity index (χ1n) is 8.80. The van der Waals surface area contributed by atoms with Crippen molar-refractivity contribution in [2.24, 2.45) is 17.3 Å². The Morgan fingerprint density at radius 1 is 1.35 bits per heavy atom. The summed E-state index contributed by atoms with van der Waals surface area (Å²) in [6.07, 6.45) is 8.02. The third kappa shape index (κ3) is 3.52. The molecule has 1 amide bonds. The van der Waals surface area contributed by atoms with Crippen LogP contribution in [0.5, 0.6) is 0 Å². The number of aromatic nitrogens is 1. The number of carbonyl (C=O) groups is 1. The molecule has 0 bridgehead atoms. The van der Waals surface area contributed by atoms with Crippen LogP contribution in [0.15, 0.2) is 11.6 Å². The number of aryl methyl sites for hydroxylation is 2. The Labute approximate surface area is 143 Å². The largest absolute Gasteiger partial charge is 0.355 e. The fraction of sp³-hybridized carbons (Fsp3) is 0.684. The van der Waals surface area contributed by atoms with E-state index in [9.17, 15) is 4.79 Å². The zero-order valence-corrected chi connectivity index (χ0v) is 15.6. The number of thiazole rings is 1. The predicted molar refractivity (Wildman–Crippen MR) is 95.7 cm³/mol. The lowest BCUT2D eigenvalue weighted by molar-refractivity contribution is -0.123. The van der Waals surface area contributed by atoms with Crippen LogP contribution in [-0.4, -0.2) is 17.4 Å². The second-order valence-corrected chi connectivity index (χ2v) is 8.96. The van der Waals surface area contributed by atoms with Gasteiger partial charge in [0.1, 0.15) is 0 Å². The standard InChI is InChI=1S/C19H28N2OS/c1-12(2)11-13-17(19(13,3)4)18(22)20-10-9-16-21-14-7-5-6-8-15(14)23-16/h11,13,17H,5-10H2,1-4H3,(H,20,22)/t13-,17+/m0/s1. The van der Waals surface area contributed by atoms with E-state index in [1.807, 2.05) is 11.3 Å². The summed E-state index contributed by atoms with van der Waals surface area (Å²) >= 11 is 1.85. The molecule has 1 fully saturated rings. The Balaban J connectivity index is 1.50. The van der Waals surface area contributed by atoms with E-state index in [0.29, 0.717) is 12.5 Å². The van der Waals surface area contributed by atoms with E-state index in [0.717, 1.165) is 12.8 Å². The molecule has 1 saturated carbocycles. The molecule has 1 aromatic heterocycles. The highest BCUT2D eigenvalue weighted by molar-refractivity contribution is 7.11. The van der Waals surface area contributed by atoms with Gasteiger partial charge in [0.15, 0.2) is 0 Å². The Morgan fingerprint density at radius 3 is 2.78 bits per heavy atom. The highest BCUT2D eigenvalue weighted by atomic mass is 32.1. The van der Waals surface area contributed by atoms with Gasteiger partial charge in [-0.15, -0.1) is 11.3 Å². The van der Waals surface area contributed by atoms with Crippen molar-refractivity contribution in [3.05, 3.63) is 27.2 Å². The van der Waals surface area contributed by atoms with Crippen molar-refractivity contribution in [1.29, 1.82) is 0 Å². The van der Waals surface area contributed by atoms with Gasteiger partial charge in [-0.05, 0) is 50.9 Å². The van der Waals surface area contributed by atoms with E-state index in [-0.39, 0.29) is 17.2 Å². The lowest BCUT2D eigenvalue weighted by Gasteiger charge is -2.06. The maximum Gasteiger partial charge on any atom is 0.224 e. The van der Waals surface area contributed by atoms with Gasteiger partial charge in [0.25, 0.3) is 0 Å². The van der Waals surface area contributed by atoms with Crippen molar-refractivity contribution >= 4 is 17.2 Å². The normalized spacial score (nSPS) is 24.7. The molecule has 0 saturated heterocycles. The molecule has 1 aromatic rings. The molecular weight excluding hydrogens is 304 g/mol. The van der Waals surface area contributed by atoms with Crippen LogP contribution in [0.4, 0.5) is 0 Å². The summed E-state index contributed by atoms with van der Waals surface area (Å²) in [4.78, 5) is 18.7. The monoisotopic (exact) mass is 332 g/mol. The van der Waals surface area contributed by atoms with Crippen LogP contribution >= 0.6 is 11.3 Å². The number of nitrogens with one attached hydrogen (secondary N) is 1. The van der Waals surface area contributed by atoms with E-state index in [1.165, 1.54) is 40.4 Å². The van der Waals surface area contributed by atoms with Gasteiger partial charge >= 0.3 is 0 Å². The third-order valence-corrected chi connectivity index (χ3v) is 6.45. The van der Waals surface area contributed by atoms with Crippen LogP contribution in [0, 0.1) is 17.3 Å². The molecule has 126 valence electrons. The maximum atomic E-state index is 12.4. The summed E-state index contributed by atoms with van der Waals surface area (Å²) in [5.74, 6) is 0.723. The van der Waals surface area contributed by atoms with Gasteiger partial charge in [0.2, 0.25) is 5.91 Å². The van der Waals surface area contributed by atoms with Crippen molar-refractivity contribution in [1.82, 2.24) is 10.3 Å². The van der Waals surface area contributed by atoms with Crippen LogP contribution in [0.3, 0.4) is 0 Å². The van der Waals surface area contributed by atoms with Gasteiger partial charge in [-0.2, -0.15) is 0 Å². The smallest absolute Gasteiger partial charge is 0.224 e. The maximum absolute atomic E-state index is 12.4. The summed E-state index contributed by atoms with van der Waals surface area (Å²) < 4.78 is 0. The Bertz CT molecular complexity index is 602. The van der Waals surface area contributed by atoms with Crippen molar-refractivity contribution in [2.75, 3.05) is 6.54 Å². The quantitative estimate of drug-likeness (QED) is 0.830. The molecule has 0 unspecified atom stereocenters. The highest BCUT2D eigenvalue weighted by Gasteiger charge is 2.60. The fourth-order valence-electron chi connectivity index (χ4n) is 3.76. The molecule has 1 N–H and O–H groups in total. The van der Waals surface area contributed by atoms with Crippen molar-refractivity contribution in [3.63, 3.8) is 0 Å². The summed E-state index contributed by atoms with van der Waals surface area (Å²) in [6, 6.07) is 0. The lowest BCUT2D eigenvalue weighted by atomic mass is 10.0. The average molecular weight is 333 g/mol. The lowest BCUT2D eigenvalue weighted by Crippen LogP contribution is -2.28. The molecular formula is C19H28N2OS. The van der Waals surface area contributed by atoms with E-state index < -0.39 is 0 Å². The van der Waals surface area contributed by atoms with Crippen molar-refractivity contribution < 1.29 is 4.79 Å². The van der Waals surface area contributed by atoms with E-state index >= 15 is 0 Å². The fourth-order valence-corrected chi connectivity index (χ4v) is 4.92. The first-order valence-corrected chi connectivity index (χ1v) is 9.61. The van der Waals surface area contributed by atoms with E-state index in [2.05, 4.69) is 39.1 Å². The predicted octanol–water partition coefficient (Wildman–Crippen LogP) is 3.92. The molecule has 2 aliphatic rings. The highest BCUT2D eigenvalue weighted by Crippen LogP contribution is 2.59. The van der Waals surface area contributed by atoms with Gasteiger partial charge in [-0.1, -0.05) is 25.5 Å². The summed E-state index contributed by atoms with van der Waals surface area (Å²) in [7, 11) is 0. The van der Waals surface area contributed by atoms with Crippen molar-refractivity contribution in [2.45, 2.75) is 59.8 Å². The van der Waals surface area contributed by atoms with E-state index in [1.54, 1.807) is 0 Å². The van der Waals surface area contributed by atoms with Gasteiger partial charge in [0, 0.05) is 17.8 Å². The van der Waals surface area contributed by atoms with Crippen LogP contribution in [-0.2, 0) is 24.1 Å². The molecule has 3 nitrogen and oxygen atoms in total. The Kier molecular flexibility index (Phi) is 4.63.